The summed E-state index contributed by atoms with van der Waals surface area (Å²) >= 11 is 0. The number of rotatable bonds is 2. The van der Waals surface area contributed by atoms with Crippen molar-refractivity contribution in [1.29, 1.82) is 0 Å². The predicted octanol–water partition coefficient (Wildman–Crippen LogP) is -0.600. The molecule has 0 aliphatic carbocycles. The van der Waals surface area contributed by atoms with Gasteiger partial charge in [-0.15, -0.1) is 0 Å². The van der Waals surface area contributed by atoms with Crippen LogP contribution in [0.1, 0.15) is 13.3 Å². The fourth-order valence-electron chi connectivity index (χ4n) is 1.60. The van der Waals surface area contributed by atoms with E-state index >= 15 is 0 Å². The molecule has 3 heteroatoms. The van der Waals surface area contributed by atoms with Crippen molar-refractivity contribution in [3.05, 3.63) is 0 Å². The van der Waals surface area contributed by atoms with Crippen LogP contribution < -0.4 is 5.73 Å². The summed E-state index contributed by atoms with van der Waals surface area (Å²) in [5, 5.41) is 8.89. The Morgan fingerprint density at radius 3 is 2.80 bits per heavy atom. The summed E-state index contributed by atoms with van der Waals surface area (Å²) in [7, 11) is 0. The molecule has 10 heavy (non-hydrogen) atoms. The third kappa shape index (κ3) is 1.48. The number of likely N-dealkylation sites (N-methyl/N-ethyl adjacent to an activating group) is 1. The Balaban J connectivity index is 2.41. The second-order valence-corrected chi connectivity index (χ2v) is 2.92. The normalized spacial score (nSPS) is 35.1. The summed E-state index contributed by atoms with van der Waals surface area (Å²) in [5.41, 5.74) is 5.71. The lowest BCUT2D eigenvalue weighted by molar-refractivity contribution is 0.164. The third-order valence-corrected chi connectivity index (χ3v) is 2.18. The van der Waals surface area contributed by atoms with Crippen LogP contribution in [0.3, 0.4) is 0 Å². The average molecular weight is 144 g/mol. The van der Waals surface area contributed by atoms with Gasteiger partial charge in [0.15, 0.2) is 0 Å². The summed E-state index contributed by atoms with van der Waals surface area (Å²) in [6.45, 7) is 4.29. The maximum atomic E-state index is 8.89. The fourth-order valence-corrected chi connectivity index (χ4v) is 1.60. The first kappa shape index (κ1) is 7.98. The zero-order chi connectivity index (χ0) is 7.56. The molecule has 3 N–H and O–H groups in total. The number of aliphatic hydroxyl groups excluding tert-OH is 1. The van der Waals surface area contributed by atoms with E-state index in [4.69, 9.17) is 10.8 Å². The van der Waals surface area contributed by atoms with Gasteiger partial charge < -0.3 is 10.8 Å². The molecule has 1 fully saturated rings. The Hall–Kier alpha value is -0.120. The van der Waals surface area contributed by atoms with E-state index in [1.807, 2.05) is 0 Å². The minimum Gasteiger partial charge on any atom is -0.395 e. The number of nitrogens with zero attached hydrogens (tertiary/aromatic N) is 1. The quantitative estimate of drug-likeness (QED) is 0.544. The maximum Gasteiger partial charge on any atom is 0.0587 e. The molecule has 0 saturated carbocycles. The highest BCUT2D eigenvalue weighted by atomic mass is 16.3. The number of hydrogen-bond acceptors (Lipinski definition) is 3. The number of nitrogens with two attached hydrogens (primary N) is 1. The molecule has 1 heterocycles. The van der Waals surface area contributed by atoms with Gasteiger partial charge in [0.2, 0.25) is 0 Å². The Kier molecular flexibility index (Phi) is 2.65. The predicted molar refractivity (Wildman–Crippen MR) is 40.7 cm³/mol. The summed E-state index contributed by atoms with van der Waals surface area (Å²) in [5.74, 6) is 0. The molecule has 0 aromatic heterocycles. The van der Waals surface area contributed by atoms with Gasteiger partial charge in [-0.2, -0.15) is 0 Å². The lowest BCUT2D eigenvalue weighted by Gasteiger charge is -2.19. The van der Waals surface area contributed by atoms with Crippen LogP contribution in [-0.2, 0) is 0 Å². The van der Waals surface area contributed by atoms with Crippen molar-refractivity contribution in [2.75, 3.05) is 19.7 Å². The fraction of sp³-hybridized carbons (Fsp3) is 1.00. The van der Waals surface area contributed by atoms with E-state index in [9.17, 15) is 0 Å². The van der Waals surface area contributed by atoms with Crippen molar-refractivity contribution in [3.8, 4) is 0 Å². The van der Waals surface area contributed by atoms with Crippen molar-refractivity contribution < 1.29 is 5.11 Å². The largest absolute Gasteiger partial charge is 0.395 e. The van der Waals surface area contributed by atoms with Crippen molar-refractivity contribution in [3.63, 3.8) is 0 Å². The van der Waals surface area contributed by atoms with Crippen molar-refractivity contribution >= 4 is 0 Å². The van der Waals surface area contributed by atoms with Gasteiger partial charge in [-0.25, -0.2) is 0 Å². The zero-order valence-electron chi connectivity index (χ0n) is 6.45. The molecule has 0 bridgehead atoms. The van der Waals surface area contributed by atoms with Crippen LogP contribution in [0, 0.1) is 0 Å². The summed E-state index contributed by atoms with van der Waals surface area (Å²) in [4.78, 5) is 2.23. The molecule has 60 valence electrons. The highest BCUT2D eigenvalue weighted by Gasteiger charge is 2.27. The molecule has 1 rings (SSSR count). The van der Waals surface area contributed by atoms with Crippen LogP contribution in [0.2, 0.25) is 0 Å². The molecule has 1 saturated heterocycles. The molecular formula is C7H16N2O. The molecule has 1 aliphatic heterocycles. The molecule has 0 spiro atoms. The van der Waals surface area contributed by atoms with Crippen LogP contribution >= 0.6 is 0 Å². The minimum absolute atomic E-state index is 0.252. The molecule has 1 aliphatic rings. The molecule has 0 unspecified atom stereocenters. The Labute approximate surface area is 61.8 Å². The van der Waals surface area contributed by atoms with Crippen LogP contribution in [0.4, 0.5) is 0 Å². The van der Waals surface area contributed by atoms with Crippen LogP contribution in [0.5, 0.6) is 0 Å². The van der Waals surface area contributed by atoms with Gasteiger partial charge in [0, 0.05) is 18.6 Å². The van der Waals surface area contributed by atoms with E-state index in [2.05, 4.69) is 11.8 Å². The molecule has 0 aromatic carbocycles. The molecule has 0 aromatic rings. The Bertz CT molecular complexity index is 95.8. The number of aliphatic hydroxyl groups is 1. The second-order valence-electron chi connectivity index (χ2n) is 2.92. The Morgan fingerprint density at radius 2 is 2.40 bits per heavy atom. The lowest BCUT2D eigenvalue weighted by atomic mass is 10.2. The van der Waals surface area contributed by atoms with E-state index in [1.54, 1.807) is 0 Å². The first-order valence-electron chi connectivity index (χ1n) is 3.88. The monoisotopic (exact) mass is 144 g/mol. The zero-order valence-corrected chi connectivity index (χ0v) is 6.45. The van der Waals surface area contributed by atoms with Crippen molar-refractivity contribution in [2.45, 2.75) is 25.4 Å². The van der Waals surface area contributed by atoms with Gasteiger partial charge >= 0.3 is 0 Å². The smallest absolute Gasteiger partial charge is 0.0587 e. The van der Waals surface area contributed by atoms with Crippen LogP contribution in [0.25, 0.3) is 0 Å². The second kappa shape index (κ2) is 3.32. The molecule has 2 atom stereocenters. The van der Waals surface area contributed by atoms with Gasteiger partial charge in [0.05, 0.1) is 6.61 Å². The average Bonchev–Trinajstić information content (AvgIpc) is 2.30. The molecule has 0 amide bonds. The SMILES string of the molecule is CCN1C[C@@H](N)C[C@H]1CO. The lowest BCUT2D eigenvalue weighted by Crippen LogP contribution is -2.32. The van der Waals surface area contributed by atoms with Gasteiger partial charge in [-0.1, -0.05) is 6.92 Å². The van der Waals surface area contributed by atoms with E-state index in [-0.39, 0.29) is 12.6 Å². The van der Waals surface area contributed by atoms with Gasteiger partial charge in [-0.3, -0.25) is 4.90 Å². The summed E-state index contributed by atoms with van der Waals surface area (Å²) in [6.07, 6.45) is 0.949. The van der Waals surface area contributed by atoms with Gasteiger partial charge in [0.1, 0.15) is 0 Å². The molecule has 3 nitrogen and oxygen atoms in total. The first-order valence-corrected chi connectivity index (χ1v) is 3.88. The van der Waals surface area contributed by atoms with Crippen LogP contribution in [-0.4, -0.2) is 41.8 Å². The topological polar surface area (TPSA) is 49.5 Å². The van der Waals surface area contributed by atoms with Gasteiger partial charge in [0.25, 0.3) is 0 Å². The van der Waals surface area contributed by atoms with E-state index in [1.165, 1.54) is 0 Å². The molecular weight excluding hydrogens is 128 g/mol. The molecule has 0 radical (unpaired) electrons. The highest BCUT2D eigenvalue weighted by Crippen LogP contribution is 2.14. The van der Waals surface area contributed by atoms with Gasteiger partial charge in [-0.05, 0) is 13.0 Å². The standard InChI is InChI=1S/C7H16N2O/c1-2-9-4-6(8)3-7(9)5-10/h6-7,10H,2-5,8H2,1H3/t6-,7-/m0/s1. The van der Waals surface area contributed by atoms with E-state index < -0.39 is 0 Å². The van der Waals surface area contributed by atoms with E-state index in [0.29, 0.717) is 6.04 Å². The minimum atomic E-state index is 0.252. The summed E-state index contributed by atoms with van der Waals surface area (Å²) < 4.78 is 0. The number of likely N-dealkylation sites (tertiary alicyclic amines) is 1. The van der Waals surface area contributed by atoms with Crippen molar-refractivity contribution in [2.24, 2.45) is 5.73 Å². The summed E-state index contributed by atoms with van der Waals surface area (Å²) in [6, 6.07) is 0.595. The Morgan fingerprint density at radius 1 is 1.70 bits per heavy atom. The van der Waals surface area contributed by atoms with Crippen LogP contribution in [0.15, 0.2) is 0 Å². The maximum absolute atomic E-state index is 8.89. The first-order chi connectivity index (χ1) is 4.77. The van der Waals surface area contributed by atoms with E-state index in [0.717, 1.165) is 19.5 Å². The number of hydrogen-bond donors (Lipinski definition) is 2. The highest BCUT2D eigenvalue weighted by molar-refractivity contribution is 4.85. The van der Waals surface area contributed by atoms with Crippen molar-refractivity contribution in [1.82, 2.24) is 4.90 Å². The third-order valence-electron chi connectivity index (χ3n) is 2.18.